The Morgan fingerprint density at radius 3 is 2.87 bits per heavy atom. The molecule has 1 aliphatic heterocycles. The predicted octanol–water partition coefficient (Wildman–Crippen LogP) is 4.02. The number of likely N-dealkylation sites (tertiary alicyclic amines) is 1. The zero-order valence-corrected chi connectivity index (χ0v) is 17.8. The van der Waals surface area contributed by atoms with Crippen molar-refractivity contribution < 1.29 is 18.8 Å². The Balaban J connectivity index is 1.51. The summed E-state index contributed by atoms with van der Waals surface area (Å²) in [5.74, 6) is 0.302. The van der Waals surface area contributed by atoms with Gasteiger partial charge in [0.25, 0.3) is 0 Å². The molecule has 1 saturated heterocycles. The normalized spacial score (nSPS) is 15.8. The summed E-state index contributed by atoms with van der Waals surface area (Å²) in [7, 11) is 0. The Morgan fingerprint density at radius 1 is 1.29 bits per heavy atom. The standard InChI is InChI=1S/C22H25N5O4/c1-4-30-21(28)18-13-23-27(15(18)3)17-8-5-7-16(12-17)24-22(29)26-10-6-9-19(26)20-11-14(2)25-31-20/h5,7-8,11-13,19H,4,6,9-10H2,1-3H3,(H,24,29)/t19-/m0/s1. The smallest absolute Gasteiger partial charge is 0.341 e. The topological polar surface area (TPSA) is 102 Å². The molecule has 3 aromatic rings. The number of carbonyl (C=O) groups excluding carboxylic acids is 2. The molecule has 1 fully saturated rings. The van der Waals surface area contributed by atoms with Crippen molar-refractivity contribution in [3.63, 3.8) is 0 Å². The molecule has 9 heteroatoms. The molecule has 1 atom stereocenters. The van der Waals surface area contributed by atoms with Crippen LogP contribution >= 0.6 is 0 Å². The largest absolute Gasteiger partial charge is 0.462 e. The van der Waals surface area contributed by atoms with Gasteiger partial charge in [0.2, 0.25) is 0 Å². The molecule has 2 amide bonds. The van der Waals surface area contributed by atoms with Gasteiger partial charge in [0.15, 0.2) is 5.76 Å². The van der Waals surface area contributed by atoms with E-state index in [1.165, 1.54) is 6.20 Å². The van der Waals surface area contributed by atoms with E-state index in [1.807, 2.05) is 37.3 Å². The highest BCUT2D eigenvalue weighted by molar-refractivity contribution is 5.91. The summed E-state index contributed by atoms with van der Waals surface area (Å²) in [5.41, 5.74) is 3.25. The number of carbonyl (C=O) groups is 2. The number of anilines is 1. The third kappa shape index (κ3) is 4.16. The summed E-state index contributed by atoms with van der Waals surface area (Å²) in [5, 5.41) is 11.2. The lowest BCUT2D eigenvalue weighted by Gasteiger charge is -2.23. The molecule has 1 aliphatic rings. The average molecular weight is 423 g/mol. The predicted molar refractivity (Wildman–Crippen MR) is 113 cm³/mol. The zero-order valence-electron chi connectivity index (χ0n) is 17.8. The van der Waals surface area contributed by atoms with Gasteiger partial charge >= 0.3 is 12.0 Å². The lowest BCUT2D eigenvalue weighted by Crippen LogP contribution is -2.34. The molecular formula is C22H25N5O4. The summed E-state index contributed by atoms with van der Waals surface area (Å²) in [6.07, 6.45) is 3.24. The second-order valence-corrected chi connectivity index (χ2v) is 7.48. The molecule has 3 heterocycles. The van der Waals surface area contributed by atoms with Gasteiger partial charge in [0, 0.05) is 18.3 Å². The van der Waals surface area contributed by atoms with Crippen molar-refractivity contribution in [1.29, 1.82) is 0 Å². The molecule has 1 N–H and O–H groups in total. The van der Waals surface area contributed by atoms with Crippen LogP contribution in [0.3, 0.4) is 0 Å². The van der Waals surface area contributed by atoms with Gasteiger partial charge in [-0.05, 0) is 51.8 Å². The third-order valence-corrected chi connectivity index (χ3v) is 5.34. The number of benzene rings is 1. The summed E-state index contributed by atoms with van der Waals surface area (Å²) in [6.45, 7) is 6.38. The van der Waals surface area contributed by atoms with Crippen molar-refractivity contribution in [2.75, 3.05) is 18.5 Å². The van der Waals surface area contributed by atoms with E-state index < -0.39 is 5.97 Å². The fourth-order valence-corrected chi connectivity index (χ4v) is 3.84. The van der Waals surface area contributed by atoms with Gasteiger partial charge in [-0.2, -0.15) is 5.10 Å². The molecule has 0 unspecified atom stereocenters. The first kappa shape index (κ1) is 20.6. The van der Waals surface area contributed by atoms with Crippen LogP contribution in [0.2, 0.25) is 0 Å². The maximum absolute atomic E-state index is 13.0. The lowest BCUT2D eigenvalue weighted by atomic mass is 10.1. The van der Waals surface area contributed by atoms with Gasteiger partial charge < -0.3 is 19.5 Å². The number of aryl methyl sites for hydroxylation is 1. The van der Waals surface area contributed by atoms with Gasteiger partial charge in [0.05, 0.1) is 35.9 Å². The van der Waals surface area contributed by atoms with Crippen LogP contribution in [-0.4, -0.2) is 45.0 Å². The van der Waals surface area contributed by atoms with E-state index in [9.17, 15) is 9.59 Å². The monoisotopic (exact) mass is 423 g/mol. The molecule has 0 radical (unpaired) electrons. The second-order valence-electron chi connectivity index (χ2n) is 7.48. The summed E-state index contributed by atoms with van der Waals surface area (Å²) in [4.78, 5) is 26.8. The van der Waals surface area contributed by atoms with E-state index in [0.717, 1.165) is 24.2 Å². The van der Waals surface area contributed by atoms with E-state index in [-0.39, 0.29) is 12.1 Å². The van der Waals surface area contributed by atoms with Gasteiger partial charge in [0.1, 0.15) is 5.56 Å². The van der Waals surface area contributed by atoms with E-state index in [4.69, 9.17) is 9.26 Å². The number of amides is 2. The van der Waals surface area contributed by atoms with Crippen LogP contribution in [0.4, 0.5) is 10.5 Å². The second kappa shape index (κ2) is 8.63. The number of rotatable bonds is 5. The maximum atomic E-state index is 13.0. The Kier molecular flexibility index (Phi) is 5.75. The Bertz CT molecular complexity index is 1100. The Labute approximate surface area is 180 Å². The minimum atomic E-state index is -0.404. The van der Waals surface area contributed by atoms with Gasteiger partial charge in [-0.15, -0.1) is 0 Å². The average Bonchev–Trinajstić information content (AvgIpc) is 3.47. The first-order valence-electron chi connectivity index (χ1n) is 10.3. The molecule has 0 spiro atoms. The van der Waals surface area contributed by atoms with Gasteiger partial charge in [-0.1, -0.05) is 11.2 Å². The van der Waals surface area contributed by atoms with Crippen molar-refractivity contribution in [3.05, 3.63) is 59.2 Å². The summed E-state index contributed by atoms with van der Waals surface area (Å²) in [6, 6.07) is 8.88. The highest BCUT2D eigenvalue weighted by atomic mass is 16.5. The molecule has 31 heavy (non-hydrogen) atoms. The molecule has 1 aromatic carbocycles. The van der Waals surface area contributed by atoms with Crippen molar-refractivity contribution in [1.82, 2.24) is 19.8 Å². The molecule has 2 aromatic heterocycles. The van der Waals surface area contributed by atoms with Crippen molar-refractivity contribution in [2.45, 2.75) is 39.7 Å². The van der Waals surface area contributed by atoms with Crippen LogP contribution < -0.4 is 5.32 Å². The number of nitrogens with zero attached hydrogens (tertiary/aromatic N) is 4. The fourth-order valence-electron chi connectivity index (χ4n) is 3.84. The number of nitrogens with one attached hydrogen (secondary N) is 1. The summed E-state index contributed by atoms with van der Waals surface area (Å²) < 4.78 is 12.1. The van der Waals surface area contributed by atoms with Gasteiger partial charge in [-0.3, -0.25) is 0 Å². The fraction of sp³-hybridized carbons (Fsp3) is 0.364. The third-order valence-electron chi connectivity index (χ3n) is 5.34. The van der Waals surface area contributed by atoms with E-state index in [1.54, 1.807) is 23.4 Å². The Hall–Kier alpha value is -3.62. The number of urea groups is 1. The minimum Gasteiger partial charge on any atom is -0.462 e. The van der Waals surface area contributed by atoms with Crippen LogP contribution in [-0.2, 0) is 4.74 Å². The number of ether oxygens (including phenoxy) is 1. The summed E-state index contributed by atoms with van der Waals surface area (Å²) >= 11 is 0. The minimum absolute atomic E-state index is 0.120. The van der Waals surface area contributed by atoms with E-state index in [2.05, 4.69) is 15.6 Å². The number of esters is 1. The number of hydrogen-bond donors (Lipinski definition) is 1. The van der Waals surface area contributed by atoms with Crippen LogP contribution in [0.5, 0.6) is 0 Å². The highest BCUT2D eigenvalue weighted by Crippen LogP contribution is 2.32. The van der Waals surface area contributed by atoms with Crippen LogP contribution in [0.1, 0.15) is 53.3 Å². The van der Waals surface area contributed by atoms with E-state index in [0.29, 0.717) is 35.9 Å². The highest BCUT2D eigenvalue weighted by Gasteiger charge is 2.32. The van der Waals surface area contributed by atoms with Crippen LogP contribution in [0.25, 0.3) is 5.69 Å². The van der Waals surface area contributed by atoms with Crippen LogP contribution in [0.15, 0.2) is 41.1 Å². The molecule has 0 bridgehead atoms. The first-order chi connectivity index (χ1) is 15.0. The zero-order chi connectivity index (χ0) is 22.0. The molecular weight excluding hydrogens is 398 g/mol. The van der Waals surface area contributed by atoms with Crippen molar-refractivity contribution in [3.8, 4) is 5.69 Å². The first-order valence-corrected chi connectivity index (χ1v) is 10.3. The SMILES string of the molecule is CCOC(=O)c1cnn(-c2cccc(NC(=O)N3CCC[C@H]3c3cc(C)no3)c2)c1C. The van der Waals surface area contributed by atoms with Crippen molar-refractivity contribution >= 4 is 17.7 Å². The molecule has 0 saturated carbocycles. The van der Waals surface area contributed by atoms with Crippen molar-refractivity contribution in [2.24, 2.45) is 0 Å². The van der Waals surface area contributed by atoms with Crippen LogP contribution in [0, 0.1) is 13.8 Å². The number of hydrogen-bond acceptors (Lipinski definition) is 6. The number of aromatic nitrogens is 3. The molecule has 9 nitrogen and oxygen atoms in total. The van der Waals surface area contributed by atoms with Gasteiger partial charge in [-0.25, -0.2) is 14.3 Å². The maximum Gasteiger partial charge on any atom is 0.341 e. The quantitative estimate of drug-likeness (QED) is 0.622. The van der Waals surface area contributed by atoms with E-state index >= 15 is 0 Å². The molecule has 0 aliphatic carbocycles. The molecule has 4 rings (SSSR count). The lowest BCUT2D eigenvalue weighted by molar-refractivity contribution is 0.0525. The Morgan fingerprint density at radius 2 is 2.13 bits per heavy atom. The molecule has 162 valence electrons.